The van der Waals surface area contributed by atoms with Gasteiger partial charge >= 0.3 is 5.97 Å². The van der Waals surface area contributed by atoms with Crippen LogP contribution >= 0.6 is 0 Å². The van der Waals surface area contributed by atoms with Crippen LogP contribution in [0.2, 0.25) is 0 Å². The molecule has 0 aromatic heterocycles. The van der Waals surface area contributed by atoms with E-state index in [9.17, 15) is 4.79 Å². The molecule has 0 heterocycles. The van der Waals surface area contributed by atoms with Crippen molar-refractivity contribution in [2.24, 2.45) is 0 Å². The third kappa shape index (κ3) is 9.68. The van der Waals surface area contributed by atoms with Crippen molar-refractivity contribution in [3.63, 3.8) is 0 Å². The molecule has 0 aliphatic heterocycles. The van der Waals surface area contributed by atoms with Crippen LogP contribution in [0.4, 0.5) is 0 Å². The van der Waals surface area contributed by atoms with Crippen LogP contribution in [0.25, 0.3) is 0 Å². The van der Waals surface area contributed by atoms with Crippen LogP contribution in [0.15, 0.2) is 30.3 Å². The molecule has 0 atom stereocenters. The summed E-state index contributed by atoms with van der Waals surface area (Å²) in [5.41, 5.74) is -0.0406. The van der Waals surface area contributed by atoms with Crippen LogP contribution in [0.3, 0.4) is 0 Å². The number of unbranched alkanes of at least 4 members (excludes halogenated alkanes) is 7. The van der Waals surface area contributed by atoms with Crippen molar-refractivity contribution in [3.8, 4) is 0 Å². The Kier molecular flexibility index (Phi) is 10.4. The minimum atomic E-state index is -0.557. The Hall–Kier alpha value is -1.39. The molecule has 0 aliphatic rings. The van der Waals surface area contributed by atoms with E-state index < -0.39 is 11.6 Å². The summed E-state index contributed by atoms with van der Waals surface area (Å²) in [6.07, 6.45) is 11.1. The van der Waals surface area contributed by atoms with Crippen molar-refractivity contribution in [2.45, 2.75) is 84.2 Å². The predicted molar refractivity (Wildman–Crippen MR) is 95.3 cm³/mol. The number of carbonyl (C=O) groups is 1. The van der Waals surface area contributed by atoms with E-state index in [4.69, 9.17) is 4.89 Å². The molecule has 24 heavy (non-hydrogen) atoms. The molecule has 0 N–H and O–H groups in total. The second-order valence-corrected chi connectivity index (χ2v) is 6.87. The average molecular weight is 336 g/mol. The first kappa shape index (κ1) is 20.7. The van der Waals surface area contributed by atoms with Crippen molar-refractivity contribution < 1.29 is 19.6 Å². The monoisotopic (exact) mass is 336 g/mol. The predicted octanol–water partition coefficient (Wildman–Crippen LogP) is 6.02. The van der Waals surface area contributed by atoms with E-state index in [0.717, 1.165) is 12.8 Å². The lowest BCUT2D eigenvalue weighted by Crippen LogP contribution is -2.25. The second-order valence-electron chi connectivity index (χ2n) is 6.87. The molecule has 0 spiro atoms. The van der Waals surface area contributed by atoms with Gasteiger partial charge in [0.1, 0.15) is 5.60 Å². The fourth-order valence-electron chi connectivity index (χ4n) is 2.49. The van der Waals surface area contributed by atoms with Crippen LogP contribution in [0, 0.1) is 0 Å². The SMILES string of the molecule is CCCCCCCCCCC(C)(C)OOOC(=O)c1ccccc1. The van der Waals surface area contributed by atoms with Crippen molar-refractivity contribution in [1.29, 1.82) is 0 Å². The minimum absolute atomic E-state index is 0.432. The summed E-state index contributed by atoms with van der Waals surface area (Å²) >= 11 is 0. The Morgan fingerprint density at radius 1 is 0.917 bits per heavy atom. The van der Waals surface area contributed by atoms with Gasteiger partial charge in [-0.25, -0.2) is 4.79 Å². The molecule has 0 aliphatic carbocycles. The van der Waals surface area contributed by atoms with E-state index in [0.29, 0.717) is 5.56 Å². The topological polar surface area (TPSA) is 44.8 Å². The number of hydrogen-bond acceptors (Lipinski definition) is 4. The van der Waals surface area contributed by atoms with Crippen molar-refractivity contribution in [1.82, 2.24) is 0 Å². The highest BCUT2D eigenvalue weighted by Crippen LogP contribution is 2.20. The quantitative estimate of drug-likeness (QED) is 0.251. The molecule has 0 bridgehead atoms. The van der Waals surface area contributed by atoms with Gasteiger partial charge in [0.2, 0.25) is 0 Å². The Labute approximate surface area is 146 Å². The number of benzene rings is 1. The first-order valence-electron chi connectivity index (χ1n) is 9.17. The summed E-state index contributed by atoms with van der Waals surface area (Å²) < 4.78 is 0. The maximum atomic E-state index is 11.7. The number of rotatable bonds is 13. The third-order valence-corrected chi connectivity index (χ3v) is 4.01. The lowest BCUT2D eigenvalue weighted by molar-refractivity contribution is -0.513. The highest BCUT2D eigenvalue weighted by atomic mass is 17.5. The molecule has 0 saturated carbocycles. The standard InChI is InChI=1S/C20H32O4/c1-4-5-6-7-8-9-10-14-17-20(2,3)23-24-22-19(21)18-15-12-11-13-16-18/h11-13,15-16H,4-10,14,17H2,1-3H3. The molecule has 0 radical (unpaired) electrons. The van der Waals surface area contributed by atoms with Crippen LogP contribution in [0.1, 0.15) is 88.9 Å². The third-order valence-electron chi connectivity index (χ3n) is 4.01. The van der Waals surface area contributed by atoms with Gasteiger partial charge in [0.15, 0.2) is 0 Å². The van der Waals surface area contributed by atoms with Crippen molar-refractivity contribution >= 4 is 5.97 Å². The molecule has 136 valence electrons. The Balaban J connectivity index is 2.08. The first-order chi connectivity index (χ1) is 11.5. The highest BCUT2D eigenvalue weighted by molar-refractivity contribution is 5.88. The summed E-state index contributed by atoms with van der Waals surface area (Å²) in [5.74, 6) is -0.557. The lowest BCUT2D eigenvalue weighted by Gasteiger charge is -2.21. The Bertz CT molecular complexity index is 442. The van der Waals surface area contributed by atoms with Crippen LogP contribution < -0.4 is 0 Å². The van der Waals surface area contributed by atoms with Gasteiger partial charge in [-0.1, -0.05) is 76.5 Å². The van der Waals surface area contributed by atoms with Crippen LogP contribution in [-0.4, -0.2) is 11.6 Å². The van der Waals surface area contributed by atoms with Gasteiger partial charge < -0.3 is 0 Å². The van der Waals surface area contributed by atoms with Crippen LogP contribution in [0.5, 0.6) is 0 Å². The highest BCUT2D eigenvalue weighted by Gasteiger charge is 2.21. The zero-order chi connectivity index (χ0) is 17.7. The van der Waals surface area contributed by atoms with Gasteiger partial charge in [-0.2, -0.15) is 4.89 Å². The van der Waals surface area contributed by atoms with E-state index in [1.165, 1.54) is 44.9 Å². The molecule has 4 heteroatoms. The van der Waals surface area contributed by atoms with Gasteiger partial charge in [0.05, 0.1) is 5.56 Å². The lowest BCUT2D eigenvalue weighted by atomic mass is 9.99. The maximum absolute atomic E-state index is 11.7. The largest absolute Gasteiger partial charge is 0.376 e. The van der Waals surface area contributed by atoms with E-state index in [-0.39, 0.29) is 0 Å². The molecular formula is C20H32O4. The fraction of sp³-hybridized carbons (Fsp3) is 0.650. The van der Waals surface area contributed by atoms with E-state index in [2.05, 4.69) is 16.8 Å². The Morgan fingerprint density at radius 3 is 2.12 bits per heavy atom. The molecular weight excluding hydrogens is 304 g/mol. The molecule has 0 amide bonds. The van der Waals surface area contributed by atoms with Crippen molar-refractivity contribution in [3.05, 3.63) is 35.9 Å². The summed E-state index contributed by atoms with van der Waals surface area (Å²) in [6.45, 7) is 6.11. The first-order valence-corrected chi connectivity index (χ1v) is 9.17. The molecule has 0 fully saturated rings. The van der Waals surface area contributed by atoms with Gasteiger partial charge in [-0.15, -0.1) is 0 Å². The Morgan fingerprint density at radius 2 is 1.50 bits per heavy atom. The van der Waals surface area contributed by atoms with E-state index in [1.54, 1.807) is 24.3 Å². The van der Waals surface area contributed by atoms with Gasteiger partial charge in [0.25, 0.3) is 0 Å². The van der Waals surface area contributed by atoms with Gasteiger partial charge in [-0.3, -0.25) is 4.89 Å². The minimum Gasteiger partial charge on any atom is -0.263 e. The zero-order valence-electron chi connectivity index (χ0n) is 15.4. The van der Waals surface area contributed by atoms with E-state index in [1.807, 2.05) is 19.9 Å². The average Bonchev–Trinajstić information content (AvgIpc) is 2.58. The normalized spacial score (nSPS) is 11.5. The second kappa shape index (κ2) is 12.0. The molecule has 1 aromatic rings. The summed E-state index contributed by atoms with van der Waals surface area (Å²) in [6, 6.07) is 8.70. The molecule has 0 unspecified atom stereocenters. The van der Waals surface area contributed by atoms with Crippen LogP contribution in [-0.2, 0) is 14.8 Å². The van der Waals surface area contributed by atoms with Gasteiger partial charge in [0, 0.05) is 0 Å². The summed E-state index contributed by atoms with van der Waals surface area (Å²) in [5, 5.41) is 4.69. The molecule has 0 saturated heterocycles. The molecule has 4 nitrogen and oxygen atoms in total. The molecule has 1 aromatic carbocycles. The fourth-order valence-corrected chi connectivity index (χ4v) is 2.49. The van der Waals surface area contributed by atoms with Crippen molar-refractivity contribution in [2.75, 3.05) is 0 Å². The smallest absolute Gasteiger partial charge is 0.263 e. The number of carbonyl (C=O) groups excluding carboxylic acids is 1. The summed E-state index contributed by atoms with van der Waals surface area (Å²) in [7, 11) is 0. The molecule has 1 rings (SSSR count). The maximum Gasteiger partial charge on any atom is 0.376 e. The van der Waals surface area contributed by atoms with E-state index >= 15 is 0 Å². The summed E-state index contributed by atoms with van der Waals surface area (Å²) in [4.78, 5) is 21.6. The van der Waals surface area contributed by atoms with Gasteiger partial charge in [-0.05, 0) is 37.4 Å². The zero-order valence-corrected chi connectivity index (χ0v) is 15.4. The number of hydrogen-bond donors (Lipinski definition) is 0.